The number of nitrogen functional groups attached to an aromatic ring is 1. The molecule has 1 heterocycles. The van der Waals surface area contributed by atoms with Crippen LogP contribution in [-0.4, -0.2) is 20.2 Å². The molecule has 2 rings (SSSR count). The molecule has 0 atom stereocenters. The number of anilines is 1. The van der Waals surface area contributed by atoms with Gasteiger partial charge >= 0.3 is 0 Å². The minimum absolute atomic E-state index is 0.00457. The summed E-state index contributed by atoms with van der Waals surface area (Å²) in [5.41, 5.74) is 5.83. The molecule has 16 heavy (non-hydrogen) atoms. The van der Waals surface area contributed by atoms with Gasteiger partial charge in [0.1, 0.15) is 0 Å². The summed E-state index contributed by atoms with van der Waals surface area (Å²) in [6.45, 7) is 0. The van der Waals surface area contributed by atoms with Crippen molar-refractivity contribution in [1.82, 2.24) is 9.97 Å². The molecule has 0 aliphatic heterocycles. The highest BCUT2D eigenvalue weighted by atomic mass is 16.3. The van der Waals surface area contributed by atoms with Gasteiger partial charge in [-0.25, -0.2) is 4.98 Å². The van der Waals surface area contributed by atoms with E-state index in [0.717, 1.165) is 0 Å². The van der Waals surface area contributed by atoms with Crippen molar-refractivity contribution in [2.75, 3.05) is 5.73 Å². The van der Waals surface area contributed by atoms with E-state index in [4.69, 9.17) is 10.8 Å². The van der Waals surface area contributed by atoms with Gasteiger partial charge in [0, 0.05) is 11.6 Å². The van der Waals surface area contributed by atoms with Crippen LogP contribution in [0.3, 0.4) is 0 Å². The van der Waals surface area contributed by atoms with Gasteiger partial charge in [-0.05, 0) is 18.2 Å². The van der Waals surface area contributed by atoms with Gasteiger partial charge < -0.3 is 15.9 Å². The van der Waals surface area contributed by atoms with Crippen molar-refractivity contribution >= 4 is 5.95 Å². The number of aromatic amines is 1. The number of phenolic OH excluding ortho intramolecular Hbond substituents is 2. The summed E-state index contributed by atoms with van der Waals surface area (Å²) in [7, 11) is 0. The molecular weight excluding hydrogens is 210 g/mol. The number of aromatic hydroxyl groups is 2. The zero-order chi connectivity index (χ0) is 11.7. The first-order valence-corrected chi connectivity index (χ1v) is 4.45. The Kier molecular flexibility index (Phi) is 2.24. The normalized spacial score (nSPS) is 10.2. The van der Waals surface area contributed by atoms with Crippen LogP contribution in [-0.2, 0) is 0 Å². The number of nitrogens with zero attached hydrogens (tertiary/aromatic N) is 1. The van der Waals surface area contributed by atoms with Gasteiger partial charge in [-0.15, -0.1) is 0 Å². The summed E-state index contributed by atoms with van der Waals surface area (Å²) in [5, 5.41) is 18.4. The molecule has 6 heteroatoms. The second-order valence-corrected chi connectivity index (χ2v) is 3.22. The van der Waals surface area contributed by atoms with E-state index in [9.17, 15) is 9.90 Å². The maximum absolute atomic E-state index is 11.1. The van der Waals surface area contributed by atoms with Crippen LogP contribution in [0.5, 0.6) is 11.5 Å². The first-order chi connectivity index (χ1) is 7.56. The van der Waals surface area contributed by atoms with Crippen molar-refractivity contribution in [3.05, 3.63) is 34.6 Å². The number of hydrogen-bond acceptors (Lipinski definition) is 5. The molecule has 0 fully saturated rings. The van der Waals surface area contributed by atoms with E-state index >= 15 is 0 Å². The van der Waals surface area contributed by atoms with Crippen LogP contribution in [0.1, 0.15) is 0 Å². The van der Waals surface area contributed by atoms with Crippen LogP contribution < -0.4 is 11.3 Å². The molecule has 1 aromatic heterocycles. The summed E-state index contributed by atoms with van der Waals surface area (Å²) in [6, 6.07) is 5.39. The fourth-order valence-electron chi connectivity index (χ4n) is 1.31. The zero-order valence-electron chi connectivity index (χ0n) is 8.14. The quantitative estimate of drug-likeness (QED) is 0.519. The fraction of sp³-hybridized carbons (Fsp3) is 0. The second-order valence-electron chi connectivity index (χ2n) is 3.22. The van der Waals surface area contributed by atoms with Gasteiger partial charge in [-0.2, -0.15) is 0 Å². The Hall–Kier alpha value is -2.50. The lowest BCUT2D eigenvalue weighted by Crippen LogP contribution is -2.10. The molecule has 0 unspecified atom stereocenters. The maximum Gasteiger partial charge on any atom is 0.252 e. The van der Waals surface area contributed by atoms with Crippen molar-refractivity contribution in [3.8, 4) is 22.8 Å². The van der Waals surface area contributed by atoms with E-state index in [1.54, 1.807) is 0 Å². The number of rotatable bonds is 1. The fourth-order valence-corrected chi connectivity index (χ4v) is 1.31. The molecule has 0 saturated heterocycles. The average molecular weight is 219 g/mol. The summed E-state index contributed by atoms with van der Waals surface area (Å²) in [4.78, 5) is 17.4. The van der Waals surface area contributed by atoms with Crippen molar-refractivity contribution < 1.29 is 10.2 Å². The smallest absolute Gasteiger partial charge is 0.252 e. The number of aromatic nitrogens is 2. The summed E-state index contributed by atoms with van der Waals surface area (Å²) in [5.74, 6) is -0.519. The minimum Gasteiger partial charge on any atom is -0.504 e. The Morgan fingerprint density at radius 3 is 2.56 bits per heavy atom. The maximum atomic E-state index is 11.1. The first-order valence-electron chi connectivity index (χ1n) is 4.45. The van der Waals surface area contributed by atoms with E-state index in [1.807, 2.05) is 0 Å². The molecular formula is C10H9N3O3. The van der Waals surface area contributed by atoms with Crippen LogP contribution >= 0.6 is 0 Å². The minimum atomic E-state index is -0.380. The van der Waals surface area contributed by atoms with E-state index in [1.165, 1.54) is 24.3 Å². The third kappa shape index (κ3) is 1.81. The standard InChI is InChI=1S/C10H9N3O3/c11-10-12-6(4-9(16)13-10)5-1-2-7(14)8(15)3-5/h1-4,14-15H,(H3,11,12,13,16). The number of benzene rings is 1. The van der Waals surface area contributed by atoms with Crippen molar-refractivity contribution in [2.24, 2.45) is 0 Å². The molecule has 0 spiro atoms. The first kappa shape index (κ1) is 10.0. The number of H-pyrrole nitrogens is 1. The Morgan fingerprint density at radius 1 is 1.19 bits per heavy atom. The van der Waals surface area contributed by atoms with Crippen LogP contribution in [0.25, 0.3) is 11.3 Å². The van der Waals surface area contributed by atoms with E-state index < -0.39 is 0 Å². The molecule has 1 aromatic carbocycles. The van der Waals surface area contributed by atoms with Gasteiger partial charge in [0.15, 0.2) is 11.5 Å². The van der Waals surface area contributed by atoms with E-state index in [-0.39, 0.29) is 23.0 Å². The van der Waals surface area contributed by atoms with E-state index in [2.05, 4.69) is 9.97 Å². The summed E-state index contributed by atoms with van der Waals surface area (Å²) >= 11 is 0. The molecule has 0 saturated carbocycles. The Balaban J connectivity index is 2.58. The molecule has 0 radical (unpaired) electrons. The van der Waals surface area contributed by atoms with Gasteiger partial charge in [0.25, 0.3) is 5.56 Å². The number of nitrogens with one attached hydrogen (secondary N) is 1. The van der Waals surface area contributed by atoms with Crippen molar-refractivity contribution in [2.45, 2.75) is 0 Å². The lowest BCUT2D eigenvalue weighted by atomic mass is 10.1. The van der Waals surface area contributed by atoms with Crippen molar-refractivity contribution in [1.29, 1.82) is 0 Å². The Morgan fingerprint density at radius 2 is 1.94 bits per heavy atom. The Bertz CT molecular complexity index is 592. The zero-order valence-corrected chi connectivity index (χ0v) is 8.14. The molecule has 0 amide bonds. The highest BCUT2D eigenvalue weighted by molar-refractivity contribution is 5.63. The van der Waals surface area contributed by atoms with Crippen LogP contribution in [0, 0.1) is 0 Å². The van der Waals surface area contributed by atoms with Crippen LogP contribution in [0.15, 0.2) is 29.1 Å². The predicted molar refractivity (Wildman–Crippen MR) is 58.0 cm³/mol. The topological polar surface area (TPSA) is 112 Å². The molecule has 5 N–H and O–H groups in total. The molecule has 0 aliphatic carbocycles. The monoisotopic (exact) mass is 219 g/mol. The van der Waals surface area contributed by atoms with Gasteiger partial charge in [0.05, 0.1) is 5.69 Å². The van der Waals surface area contributed by atoms with Gasteiger partial charge in [-0.3, -0.25) is 9.78 Å². The van der Waals surface area contributed by atoms with E-state index in [0.29, 0.717) is 11.3 Å². The third-order valence-electron chi connectivity index (χ3n) is 2.03. The largest absolute Gasteiger partial charge is 0.504 e. The lowest BCUT2D eigenvalue weighted by Gasteiger charge is -2.03. The average Bonchev–Trinajstić information content (AvgIpc) is 2.20. The molecule has 2 aromatic rings. The second kappa shape index (κ2) is 3.58. The highest BCUT2D eigenvalue weighted by Gasteiger charge is 2.05. The van der Waals surface area contributed by atoms with Crippen LogP contribution in [0.2, 0.25) is 0 Å². The Labute approximate surface area is 90.0 Å². The molecule has 0 aliphatic rings. The summed E-state index contributed by atoms with van der Waals surface area (Å²) in [6.07, 6.45) is 0. The summed E-state index contributed by atoms with van der Waals surface area (Å²) < 4.78 is 0. The predicted octanol–water partition coefficient (Wildman–Crippen LogP) is 0.430. The van der Waals surface area contributed by atoms with Crippen LogP contribution in [0.4, 0.5) is 5.95 Å². The number of phenols is 2. The molecule has 6 nitrogen and oxygen atoms in total. The van der Waals surface area contributed by atoms with Gasteiger partial charge in [0.2, 0.25) is 5.95 Å². The van der Waals surface area contributed by atoms with Gasteiger partial charge in [-0.1, -0.05) is 0 Å². The number of nitrogens with two attached hydrogens (primary N) is 1. The lowest BCUT2D eigenvalue weighted by molar-refractivity contribution is 0.404. The molecule has 82 valence electrons. The number of hydrogen-bond donors (Lipinski definition) is 4. The SMILES string of the molecule is Nc1nc(-c2ccc(O)c(O)c2)cc(=O)[nH]1. The highest BCUT2D eigenvalue weighted by Crippen LogP contribution is 2.29. The third-order valence-corrected chi connectivity index (χ3v) is 2.03. The van der Waals surface area contributed by atoms with Crippen molar-refractivity contribution in [3.63, 3.8) is 0 Å². The molecule has 0 bridgehead atoms.